The van der Waals surface area contributed by atoms with E-state index < -0.39 is 11.9 Å². The average Bonchev–Trinajstić information content (AvgIpc) is 2.63. The van der Waals surface area contributed by atoms with Crippen molar-refractivity contribution in [1.29, 1.82) is 0 Å². The number of ether oxygens (including phenoxy) is 2. The summed E-state index contributed by atoms with van der Waals surface area (Å²) in [5.74, 6) is -0.875. The molecule has 0 aliphatic carbocycles. The molecule has 1 N–H and O–H groups in total. The fraction of sp³-hybridized carbons (Fsp3) is 0.625. The number of nitrogens with one attached hydrogen (secondary N) is 1. The zero-order valence-corrected chi connectivity index (χ0v) is 13.9. The van der Waals surface area contributed by atoms with Gasteiger partial charge in [0.25, 0.3) is 0 Å². The molecule has 0 amide bonds. The second kappa shape index (κ2) is 6.33. The lowest BCUT2D eigenvalue weighted by molar-refractivity contribution is 0.00467. The number of H-pyrrole nitrogens is 1. The monoisotopic (exact) mass is 295 g/mol. The third-order valence-corrected chi connectivity index (χ3v) is 3.62. The lowest BCUT2D eigenvalue weighted by Gasteiger charge is -2.26. The van der Waals surface area contributed by atoms with E-state index in [4.69, 9.17) is 9.47 Å². The van der Waals surface area contributed by atoms with E-state index in [1.807, 2.05) is 27.7 Å². The van der Waals surface area contributed by atoms with Crippen LogP contribution in [0.1, 0.15) is 66.7 Å². The van der Waals surface area contributed by atoms with E-state index >= 15 is 0 Å². The van der Waals surface area contributed by atoms with Crippen molar-refractivity contribution in [3.8, 4) is 0 Å². The van der Waals surface area contributed by atoms with Gasteiger partial charge in [-0.3, -0.25) is 0 Å². The van der Waals surface area contributed by atoms with E-state index in [0.717, 1.165) is 0 Å². The summed E-state index contributed by atoms with van der Waals surface area (Å²) in [6.07, 6.45) is -0.232. The van der Waals surface area contributed by atoms with Crippen molar-refractivity contribution in [2.45, 2.75) is 54.6 Å². The van der Waals surface area contributed by atoms with Gasteiger partial charge in [-0.2, -0.15) is 0 Å². The Labute approximate surface area is 126 Å². The van der Waals surface area contributed by atoms with Gasteiger partial charge in [-0.25, -0.2) is 9.59 Å². The molecule has 0 fully saturated rings. The van der Waals surface area contributed by atoms with E-state index in [0.29, 0.717) is 22.5 Å². The highest BCUT2D eigenvalue weighted by molar-refractivity contribution is 5.98. The molecule has 1 aromatic rings. The van der Waals surface area contributed by atoms with E-state index in [2.05, 4.69) is 4.98 Å². The van der Waals surface area contributed by atoms with Crippen LogP contribution in [-0.4, -0.2) is 29.6 Å². The quantitative estimate of drug-likeness (QED) is 0.864. The molecular formula is C16H25NO4. The van der Waals surface area contributed by atoms with Crippen LogP contribution in [0.3, 0.4) is 0 Å². The lowest BCUT2D eigenvalue weighted by atomic mass is 9.90. The summed E-state index contributed by atoms with van der Waals surface area (Å²) < 4.78 is 10.5. The van der Waals surface area contributed by atoms with Crippen molar-refractivity contribution < 1.29 is 19.1 Å². The molecule has 0 bridgehead atoms. The van der Waals surface area contributed by atoms with Crippen LogP contribution >= 0.6 is 0 Å². The molecule has 0 aliphatic rings. The summed E-state index contributed by atoms with van der Waals surface area (Å²) in [7, 11) is 0. The first-order valence-corrected chi connectivity index (χ1v) is 7.16. The Morgan fingerprint density at radius 3 is 2.24 bits per heavy atom. The molecule has 0 aliphatic heterocycles. The standard InChI is InChI=1S/C16H25NO4/c1-8-20-15(19)13-9(2)12(10(3)17-13)14(18)21-11(4)16(5,6)7/h11,17H,8H2,1-7H3. The van der Waals surface area contributed by atoms with Crippen LogP contribution in [0.4, 0.5) is 0 Å². The number of hydrogen-bond donors (Lipinski definition) is 1. The maximum Gasteiger partial charge on any atom is 0.355 e. The molecule has 118 valence electrons. The van der Waals surface area contributed by atoms with Gasteiger partial charge in [-0.1, -0.05) is 20.8 Å². The van der Waals surface area contributed by atoms with Gasteiger partial charge in [0, 0.05) is 5.69 Å². The Bertz CT molecular complexity index is 537. The Morgan fingerprint density at radius 1 is 1.19 bits per heavy atom. The molecule has 5 nitrogen and oxygen atoms in total. The number of esters is 2. The summed E-state index contributed by atoms with van der Waals surface area (Å²) in [5.41, 5.74) is 1.76. The maximum atomic E-state index is 12.3. The minimum absolute atomic E-state index is 0.141. The molecule has 0 spiro atoms. The molecule has 1 unspecified atom stereocenters. The smallest absolute Gasteiger partial charge is 0.355 e. The van der Waals surface area contributed by atoms with Crippen molar-refractivity contribution in [1.82, 2.24) is 4.98 Å². The molecule has 0 saturated carbocycles. The van der Waals surface area contributed by atoms with Crippen LogP contribution in [0.15, 0.2) is 0 Å². The Hall–Kier alpha value is -1.78. The first-order valence-electron chi connectivity index (χ1n) is 7.16. The number of aromatic nitrogens is 1. The fourth-order valence-electron chi connectivity index (χ4n) is 1.86. The average molecular weight is 295 g/mol. The number of carbonyl (C=O) groups excluding carboxylic acids is 2. The van der Waals surface area contributed by atoms with E-state index in [9.17, 15) is 9.59 Å². The van der Waals surface area contributed by atoms with Crippen molar-refractivity contribution in [3.05, 3.63) is 22.5 Å². The molecule has 1 rings (SSSR count). The van der Waals surface area contributed by atoms with Gasteiger partial charge in [-0.15, -0.1) is 0 Å². The van der Waals surface area contributed by atoms with Gasteiger partial charge in [0.05, 0.1) is 12.2 Å². The summed E-state index contributed by atoms with van der Waals surface area (Å²) in [6, 6.07) is 0. The third-order valence-electron chi connectivity index (χ3n) is 3.62. The SMILES string of the molecule is CCOC(=O)c1[nH]c(C)c(C(=O)OC(C)C(C)(C)C)c1C. The van der Waals surface area contributed by atoms with E-state index in [1.54, 1.807) is 20.8 Å². The van der Waals surface area contributed by atoms with Gasteiger partial charge in [0.2, 0.25) is 0 Å². The molecule has 1 aromatic heterocycles. The van der Waals surface area contributed by atoms with Crippen LogP contribution < -0.4 is 0 Å². The van der Waals surface area contributed by atoms with Crippen molar-refractivity contribution in [3.63, 3.8) is 0 Å². The van der Waals surface area contributed by atoms with E-state index in [1.165, 1.54) is 0 Å². The first kappa shape index (κ1) is 17.3. The third kappa shape index (κ3) is 3.86. The predicted octanol–water partition coefficient (Wildman–Crippen LogP) is 3.40. The van der Waals surface area contributed by atoms with Gasteiger partial charge < -0.3 is 14.5 Å². The van der Waals surface area contributed by atoms with Crippen LogP contribution in [0, 0.1) is 19.3 Å². The maximum absolute atomic E-state index is 12.3. The number of aromatic amines is 1. The highest BCUT2D eigenvalue weighted by atomic mass is 16.5. The minimum Gasteiger partial charge on any atom is -0.461 e. The number of carbonyl (C=O) groups is 2. The Kier molecular flexibility index (Phi) is 5.20. The molecule has 0 aromatic carbocycles. The minimum atomic E-state index is -0.457. The van der Waals surface area contributed by atoms with Gasteiger partial charge in [-0.05, 0) is 38.7 Å². The second-order valence-electron chi connectivity index (χ2n) is 6.26. The molecule has 0 radical (unpaired) electrons. The van der Waals surface area contributed by atoms with Crippen LogP contribution in [0.25, 0.3) is 0 Å². The summed E-state index contributed by atoms with van der Waals surface area (Å²) in [4.78, 5) is 27.1. The lowest BCUT2D eigenvalue weighted by Crippen LogP contribution is -2.29. The molecule has 1 atom stereocenters. The topological polar surface area (TPSA) is 68.4 Å². The van der Waals surface area contributed by atoms with Crippen molar-refractivity contribution in [2.24, 2.45) is 5.41 Å². The highest BCUT2D eigenvalue weighted by Gasteiger charge is 2.28. The first-order chi connectivity index (χ1) is 9.59. The van der Waals surface area contributed by atoms with E-state index in [-0.39, 0.29) is 18.1 Å². The molecule has 0 saturated heterocycles. The number of hydrogen-bond acceptors (Lipinski definition) is 4. The summed E-state index contributed by atoms with van der Waals surface area (Å²) in [5, 5.41) is 0. The molecule has 1 heterocycles. The second-order valence-corrected chi connectivity index (χ2v) is 6.26. The zero-order valence-electron chi connectivity index (χ0n) is 13.9. The summed E-state index contributed by atoms with van der Waals surface area (Å²) in [6.45, 7) is 13.4. The van der Waals surface area contributed by atoms with Gasteiger partial charge in [0.1, 0.15) is 11.8 Å². The Balaban J connectivity index is 3.04. The predicted molar refractivity (Wildman–Crippen MR) is 80.6 cm³/mol. The Morgan fingerprint density at radius 2 is 1.76 bits per heavy atom. The summed E-state index contributed by atoms with van der Waals surface area (Å²) >= 11 is 0. The van der Waals surface area contributed by atoms with Crippen LogP contribution in [-0.2, 0) is 9.47 Å². The zero-order chi connectivity index (χ0) is 16.4. The van der Waals surface area contributed by atoms with Gasteiger partial charge in [0.15, 0.2) is 0 Å². The van der Waals surface area contributed by atoms with Gasteiger partial charge >= 0.3 is 11.9 Å². The largest absolute Gasteiger partial charge is 0.461 e. The molecular weight excluding hydrogens is 270 g/mol. The number of rotatable bonds is 4. The number of aryl methyl sites for hydroxylation is 1. The molecule has 5 heteroatoms. The normalized spacial score (nSPS) is 12.9. The fourth-order valence-corrected chi connectivity index (χ4v) is 1.86. The van der Waals surface area contributed by atoms with Crippen molar-refractivity contribution in [2.75, 3.05) is 6.61 Å². The molecule has 21 heavy (non-hydrogen) atoms. The van der Waals surface area contributed by atoms with Crippen LogP contribution in [0.5, 0.6) is 0 Å². The van der Waals surface area contributed by atoms with Crippen LogP contribution in [0.2, 0.25) is 0 Å². The van der Waals surface area contributed by atoms with Crippen molar-refractivity contribution >= 4 is 11.9 Å². The highest BCUT2D eigenvalue weighted by Crippen LogP contribution is 2.25.